The summed E-state index contributed by atoms with van der Waals surface area (Å²) in [6, 6.07) is 10.2. The molecule has 3 heterocycles. The second-order valence-electron chi connectivity index (χ2n) is 8.20. The Hall–Kier alpha value is -2.86. The van der Waals surface area contributed by atoms with Gasteiger partial charge < -0.3 is 14.7 Å². The highest BCUT2D eigenvalue weighted by Crippen LogP contribution is 2.29. The van der Waals surface area contributed by atoms with Gasteiger partial charge in [0.2, 0.25) is 5.88 Å². The number of aromatic nitrogens is 3. The molecule has 0 spiro atoms. The van der Waals surface area contributed by atoms with Gasteiger partial charge in [0.25, 0.3) is 10.2 Å². The van der Waals surface area contributed by atoms with E-state index in [2.05, 4.69) is 44.1 Å². The predicted molar refractivity (Wildman–Crippen MR) is 131 cm³/mol. The second kappa shape index (κ2) is 11.0. The fourth-order valence-electron chi connectivity index (χ4n) is 4.07. The van der Waals surface area contributed by atoms with Gasteiger partial charge in [-0.05, 0) is 43.9 Å². The van der Waals surface area contributed by atoms with Crippen LogP contribution in [-0.2, 0) is 10.2 Å². The summed E-state index contributed by atoms with van der Waals surface area (Å²) in [6.07, 6.45) is 7.31. The molecule has 1 aromatic carbocycles. The topological polar surface area (TPSA) is 135 Å². The van der Waals surface area contributed by atoms with Crippen LogP contribution in [-0.4, -0.2) is 72.2 Å². The first-order chi connectivity index (χ1) is 16.5. The number of aliphatic hydroxyl groups excluding tert-OH is 1. The molecule has 1 aliphatic rings. The van der Waals surface area contributed by atoms with Crippen LogP contribution in [0.15, 0.2) is 42.7 Å². The Bertz CT molecular complexity index is 1200. The maximum absolute atomic E-state index is 11.6. The molecular formula is C23H30N6O4S. The van der Waals surface area contributed by atoms with E-state index in [1.165, 1.54) is 24.9 Å². The van der Waals surface area contributed by atoms with Gasteiger partial charge in [0.1, 0.15) is 0 Å². The van der Waals surface area contributed by atoms with Crippen molar-refractivity contribution in [2.75, 3.05) is 44.3 Å². The molecule has 0 bridgehead atoms. The Kier molecular flexibility index (Phi) is 7.88. The minimum absolute atomic E-state index is 0.0611. The number of ether oxygens (including phenoxy) is 1. The Morgan fingerprint density at radius 2 is 1.79 bits per heavy atom. The molecule has 0 atom stereocenters. The normalized spacial score (nSPS) is 14.6. The molecule has 0 radical (unpaired) electrons. The van der Waals surface area contributed by atoms with Crippen LogP contribution >= 0.6 is 0 Å². The smallest absolute Gasteiger partial charge is 0.276 e. The maximum atomic E-state index is 11.6. The Labute approximate surface area is 199 Å². The van der Waals surface area contributed by atoms with Gasteiger partial charge in [-0.15, -0.1) is 0 Å². The highest BCUT2D eigenvalue weighted by molar-refractivity contribution is 7.86. The number of rotatable bonds is 10. The van der Waals surface area contributed by atoms with E-state index in [9.17, 15) is 8.42 Å². The lowest BCUT2D eigenvalue weighted by Gasteiger charge is -2.28. The number of hydrogen-bond donors (Lipinski definition) is 2. The summed E-state index contributed by atoms with van der Waals surface area (Å²) in [7, 11) is -3.89. The summed E-state index contributed by atoms with van der Waals surface area (Å²) < 4.78 is 30.1. The molecule has 0 aliphatic carbocycles. The van der Waals surface area contributed by atoms with Gasteiger partial charge in [-0.1, -0.05) is 12.1 Å². The van der Waals surface area contributed by atoms with Crippen molar-refractivity contribution in [2.24, 2.45) is 5.14 Å². The van der Waals surface area contributed by atoms with Crippen molar-refractivity contribution in [2.45, 2.75) is 25.7 Å². The average molecular weight is 487 g/mol. The average Bonchev–Trinajstić information content (AvgIpc) is 2.85. The SMILES string of the molecule is NS(=O)(=O)N(CCO)CCCOc1nc(-c2ccc(N3CCCCC3)cc2)cc2nccnc12. The van der Waals surface area contributed by atoms with Gasteiger partial charge in [0.15, 0.2) is 5.52 Å². The number of piperidine rings is 1. The summed E-state index contributed by atoms with van der Waals surface area (Å²) >= 11 is 0. The Morgan fingerprint density at radius 1 is 1.06 bits per heavy atom. The van der Waals surface area contributed by atoms with Crippen molar-refractivity contribution in [3.05, 3.63) is 42.7 Å². The number of aliphatic hydroxyl groups is 1. The van der Waals surface area contributed by atoms with Crippen LogP contribution in [0.3, 0.4) is 0 Å². The fraction of sp³-hybridized carbons (Fsp3) is 0.435. The first-order valence-electron chi connectivity index (χ1n) is 11.4. The van der Waals surface area contributed by atoms with Crippen molar-refractivity contribution in [3.8, 4) is 17.1 Å². The van der Waals surface area contributed by atoms with Crippen LogP contribution in [0.4, 0.5) is 5.69 Å². The van der Waals surface area contributed by atoms with Crippen molar-refractivity contribution in [1.29, 1.82) is 0 Å². The summed E-state index contributed by atoms with van der Waals surface area (Å²) in [5.41, 5.74) is 4.08. The third-order valence-electron chi connectivity index (χ3n) is 5.81. The van der Waals surface area contributed by atoms with Crippen LogP contribution in [0.25, 0.3) is 22.3 Å². The van der Waals surface area contributed by atoms with E-state index in [0.717, 1.165) is 28.7 Å². The molecule has 10 nitrogen and oxygen atoms in total. The van der Waals surface area contributed by atoms with Gasteiger partial charge in [0, 0.05) is 49.8 Å². The van der Waals surface area contributed by atoms with Gasteiger partial charge in [-0.25, -0.2) is 15.1 Å². The molecule has 1 fully saturated rings. The van der Waals surface area contributed by atoms with E-state index < -0.39 is 10.2 Å². The largest absolute Gasteiger partial charge is 0.476 e. The van der Waals surface area contributed by atoms with Crippen molar-refractivity contribution >= 4 is 26.9 Å². The van der Waals surface area contributed by atoms with E-state index in [4.69, 9.17) is 15.0 Å². The number of nitrogens with zero attached hydrogens (tertiary/aromatic N) is 5. The highest BCUT2D eigenvalue weighted by atomic mass is 32.2. The molecule has 3 N–H and O–H groups in total. The molecule has 3 aromatic rings. The number of benzene rings is 1. The quantitative estimate of drug-likeness (QED) is 0.415. The molecular weight excluding hydrogens is 456 g/mol. The van der Waals surface area contributed by atoms with Crippen molar-refractivity contribution < 1.29 is 18.3 Å². The standard InChI is InChI=1S/C23H30N6O4S/c24-34(31,32)29(14-15-30)13-4-16-33-23-22-21(25-9-10-26-22)17-20(27-23)18-5-7-19(8-6-18)28-11-2-1-3-12-28/h5-10,17,30H,1-4,11-16H2,(H2,24,31,32). The molecule has 11 heteroatoms. The molecule has 0 saturated carbocycles. The van der Waals surface area contributed by atoms with Gasteiger partial charge in [-0.3, -0.25) is 4.98 Å². The van der Waals surface area contributed by atoms with Crippen LogP contribution in [0.5, 0.6) is 5.88 Å². The molecule has 1 saturated heterocycles. The highest BCUT2D eigenvalue weighted by Gasteiger charge is 2.17. The molecule has 2 aromatic heterocycles. The molecule has 0 amide bonds. The lowest BCUT2D eigenvalue weighted by atomic mass is 10.1. The minimum atomic E-state index is -3.89. The van der Waals surface area contributed by atoms with E-state index in [0.29, 0.717) is 23.3 Å². The molecule has 34 heavy (non-hydrogen) atoms. The third-order valence-corrected chi connectivity index (χ3v) is 6.89. The molecule has 0 unspecified atom stereocenters. The monoisotopic (exact) mass is 486 g/mol. The van der Waals surface area contributed by atoms with Crippen molar-refractivity contribution in [3.63, 3.8) is 0 Å². The molecule has 1 aliphatic heterocycles. The lowest BCUT2D eigenvalue weighted by Crippen LogP contribution is -2.39. The summed E-state index contributed by atoms with van der Waals surface area (Å²) in [5, 5.41) is 14.3. The zero-order valence-electron chi connectivity index (χ0n) is 19.0. The zero-order valence-corrected chi connectivity index (χ0v) is 19.8. The number of hydrogen-bond acceptors (Lipinski definition) is 8. The summed E-state index contributed by atoms with van der Waals surface area (Å²) in [5.74, 6) is 0.338. The molecule has 182 valence electrons. The first kappa shape index (κ1) is 24.3. The second-order valence-corrected chi connectivity index (χ2v) is 9.75. The van der Waals surface area contributed by atoms with Gasteiger partial charge in [-0.2, -0.15) is 12.7 Å². The van der Waals surface area contributed by atoms with Crippen molar-refractivity contribution in [1.82, 2.24) is 19.3 Å². The van der Waals surface area contributed by atoms with Crippen LogP contribution in [0.2, 0.25) is 0 Å². The van der Waals surface area contributed by atoms with E-state index in [1.54, 1.807) is 12.4 Å². The van der Waals surface area contributed by atoms with E-state index in [-0.39, 0.29) is 26.3 Å². The summed E-state index contributed by atoms with van der Waals surface area (Å²) in [4.78, 5) is 15.9. The van der Waals surface area contributed by atoms with Crippen LogP contribution < -0.4 is 14.8 Å². The number of anilines is 1. The molecule has 4 rings (SSSR count). The number of nitrogens with two attached hydrogens (primary N) is 1. The van der Waals surface area contributed by atoms with Gasteiger partial charge >= 0.3 is 0 Å². The first-order valence-corrected chi connectivity index (χ1v) is 12.9. The minimum Gasteiger partial charge on any atom is -0.476 e. The number of fused-ring (bicyclic) bond motifs is 1. The van der Waals surface area contributed by atoms with Gasteiger partial charge in [0.05, 0.1) is 24.4 Å². The van der Waals surface area contributed by atoms with Crippen LogP contribution in [0.1, 0.15) is 25.7 Å². The predicted octanol–water partition coefficient (Wildman–Crippen LogP) is 1.95. The van der Waals surface area contributed by atoms with E-state index >= 15 is 0 Å². The lowest BCUT2D eigenvalue weighted by molar-refractivity contribution is 0.238. The maximum Gasteiger partial charge on any atom is 0.276 e. The zero-order chi connectivity index (χ0) is 24.0. The fourth-order valence-corrected chi connectivity index (χ4v) is 4.79. The number of pyridine rings is 1. The van der Waals surface area contributed by atoms with E-state index in [1.807, 2.05) is 6.07 Å². The Morgan fingerprint density at radius 3 is 2.50 bits per heavy atom. The summed E-state index contributed by atoms with van der Waals surface area (Å²) in [6.45, 7) is 2.13. The van der Waals surface area contributed by atoms with Crippen LogP contribution in [0, 0.1) is 0 Å². The third kappa shape index (κ3) is 5.98. The Balaban J connectivity index is 1.50.